The molecule has 2 saturated carbocycles. The van der Waals surface area contributed by atoms with Gasteiger partial charge in [-0.3, -0.25) is 9.59 Å². The number of rotatable bonds is 1. The van der Waals surface area contributed by atoms with Crippen molar-refractivity contribution in [3.05, 3.63) is 28.8 Å². The average molecular weight is 337 g/mol. The minimum Gasteiger partial charge on any atom is -0.481 e. The Hall–Kier alpha value is -1.84. The maximum Gasteiger partial charge on any atom is 0.225 e. The van der Waals surface area contributed by atoms with Gasteiger partial charge in [0, 0.05) is 35.9 Å². The standard InChI is InChI=1S/C21H23NO3/c1-11-2-3-13-10-15-14-6-7-16(23)19-21(14,17(13)18(11)25-19)8-9-22(15)20(24)12-4-5-12/h2-3,12,14-15,19H,4-10H2,1H3/t14-,15+,19-,21-/m1/s1. The number of likely N-dealkylation sites (tertiary alicyclic amines) is 1. The Bertz CT molecular complexity index is 827. The van der Waals surface area contributed by atoms with Gasteiger partial charge in [-0.2, -0.15) is 0 Å². The molecule has 2 heterocycles. The Morgan fingerprint density at radius 3 is 2.92 bits per heavy atom. The summed E-state index contributed by atoms with van der Waals surface area (Å²) in [6.07, 6.45) is 5.11. The van der Waals surface area contributed by atoms with Gasteiger partial charge in [-0.05, 0) is 56.1 Å². The number of carbonyl (C=O) groups is 2. The van der Waals surface area contributed by atoms with E-state index < -0.39 is 0 Å². The number of Topliss-reactive ketones (excluding diaryl/α,β-unsaturated/α-hetero) is 1. The fourth-order valence-corrected chi connectivity index (χ4v) is 6.32. The first-order valence-corrected chi connectivity index (χ1v) is 9.74. The highest BCUT2D eigenvalue weighted by Gasteiger charge is 2.66. The van der Waals surface area contributed by atoms with Gasteiger partial charge in [0.05, 0.1) is 0 Å². The smallest absolute Gasteiger partial charge is 0.225 e. The molecule has 6 rings (SSSR count). The van der Waals surface area contributed by atoms with E-state index in [0.717, 1.165) is 50.0 Å². The van der Waals surface area contributed by atoms with E-state index in [2.05, 4.69) is 24.0 Å². The molecular weight excluding hydrogens is 314 g/mol. The third-order valence-corrected chi connectivity index (χ3v) is 7.54. The lowest BCUT2D eigenvalue weighted by Crippen LogP contribution is -2.67. The van der Waals surface area contributed by atoms with Crippen LogP contribution in [0.2, 0.25) is 0 Å². The van der Waals surface area contributed by atoms with Crippen LogP contribution in [0.25, 0.3) is 0 Å². The highest BCUT2D eigenvalue weighted by atomic mass is 16.5. The molecule has 2 aliphatic heterocycles. The molecule has 25 heavy (non-hydrogen) atoms. The molecule has 3 fully saturated rings. The van der Waals surface area contributed by atoms with Crippen molar-refractivity contribution in [3.63, 3.8) is 0 Å². The van der Waals surface area contributed by atoms with Crippen molar-refractivity contribution < 1.29 is 14.3 Å². The van der Waals surface area contributed by atoms with Crippen LogP contribution in [0.15, 0.2) is 12.1 Å². The summed E-state index contributed by atoms with van der Waals surface area (Å²) in [5.41, 5.74) is 3.61. The highest BCUT2D eigenvalue weighted by Crippen LogP contribution is 2.62. The monoisotopic (exact) mass is 337 g/mol. The molecule has 4 nitrogen and oxygen atoms in total. The third kappa shape index (κ3) is 1.59. The Morgan fingerprint density at radius 1 is 1.28 bits per heavy atom. The molecule has 0 unspecified atom stereocenters. The van der Waals surface area contributed by atoms with Crippen molar-refractivity contribution in [1.29, 1.82) is 0 Å². The summed E-state index contributed by atoms with van der Waals surface area (Å²) in [6.45, 7) is 2.87. The first kappa shape index (κ1) is 14.3. The maximum atomic E-state index is 12.9. The first-order valence-electron chi connectivity index (χ1n) is 9.74. The quantitative estimate of drug-likeness (QED) is 0.791. The van der Waals surface area contributed by atoms with E-state index in [1.165, 1.54) is 11.1 Å². The fourth-order valence-electron chi connectivity index (χ4n) is 6.32. The molecule has 5 aliphatic rings. The molecule has 0 aromatic heterocycles. The number of aryl methyl sites for hydroxylation is 1. The van der Waals surface area contributed by atoms with Crippen LogP contribution in [0.5, 0.6) is 5.75 Å². The van der Waals surface area contributed by atoms with Gasteiger partial charge in [-0.15, -0.1) is 0 Å². The van der Waals surface area contributed by atoms with E-state index in [1.54, 1.807) is 0 Å². The summed E-state index contributed by atoms with van der Waals surface area (Å²) >= 11 is 0. The molecule has 4 heteroatoms. The van der Waals surface area contributed by atoms with E-state index in [1.807, 2.05) is 0 Å². The van der Waals surface area contributed by atoms with E-state index in [-0.39, 0.29) is 29.3 Å². The number of ketones is 1. The Kier molecular flexibility index (Phi) is 2.56. The van der Waals surface area contributed by atoms with Crippen molar-refractivity contribution in [1.82, 2.24) is 4.90 Å². The highest BCUT2D eigenvalue weighted by molar-refractivity contribution is 5.89. The van der Waals surface area contributed by atoms with E-state index in [0.29, 0.717) is 18.2 Å². The van der Waals surface area contributed by atoms with Gasteiger partial charge in [0.1, 0.15) is 5.75 Å². The van der Waals surface area contributed by atoms with Crippen LogP contribution in [0.4, 0.5) is 0 Å². The summed E-state index contributed by atoms with van der Waals surface area (Å²) < 4.78 is 6.32. The lowest BCUT2D eigenvalue weighted by Gasteiger charge is -2.57. The molecule has 1 aromatic carbocycles. The van der Waals surface area contributed by atoms with E-state index in [9.17, 15) is 9.59 Å². The van der Waals surface area contributed by atoms with Crippen molar-refractivity contribution in [2.24, 2.45) is 11.8 Å². The molecule has 1 aromatic rings. The summed E-state index contributed by atoms with van der Waals surface area (Å²) in [4.78, 5) is 27.8. The normalized spacial score (nSPS) is 37.6. The van der Waals surface area contributed by atoms with Gasteiger partial charge in [0.15, 0.2) is 11.9 Å². The molecule has 1 spiro atoms. The molecule has 1 saturated heterocycles. The average Bonchev–Trinajstić information content (AvgIpc) is 3.38. The molecule has 2 bridgehead atoms. The van der Waals surface area contributed by atoms with Crippen LogP contribution in [-0.2, 0) is 21.4 Å². The molecule has 0 N–H and O–H groups in total. The van der Waals surface area contributed by atoms with Gasteiger partial charge < -0.3 is 9.64 Å². The minimum absolute atomic E-state index is 0.171. The van der Waals surface area contributed by atoms with Crippen molar-refractivity contribution in [2.45, 2.75) is 63.0 Å². The number of piperidine rings is 1. The molecule has 1 amide bonds. The first-order chi connectivity index (χ1) is 12.1. The van der Waals surface area contributed by atoms with E-state index in [4.69, 9.17) is 4.74 Å². The Balaban J connectivity index is 1.55. The SMILES string of the molecule is Cc1ccc2c3c1O[C@@H]1C(=O)CC[C@@H]4[C@H](C2)N(C(=O)C2CC2)CC[C@@]314. The number of ether oxygens (including phenoxy) is 1. The second-order valence-electron chi connectivity index (χ2n) is 8.72. The Morgan fingerprint density at radius 2 is 2.12 bits per heavy atom. The molecular formula is C21H23NO3. The summed E-state index contributed by atoms with van der Waals surface area (Å²) in [5.74, 6) is 2.25. The lowest BCUT2D eigenvalue weighted by molar-refractivity contribution is -0.149. The zero-order valence-corrected chi connectivity index (χ0v) is 14.6. The topological polar surface area (TPSA) is 46.6 Å². The summed E-state index contributed by atoms with van der Waals surface area (Å²) in [7, 11) is 0. The van der Waals surface area contributed by atoms with Gasteiger partial charge in [-0.25, -0.2) is 0 Å². The molecule has 0 radical (unpaired) electrons. The molecule has 3 aliphatic carbocycles. The number of hydrogen-bond donors (Lipinski definition) is 0. The fraction of sp³-hybridized carbons (Fsp3) is 0.619. The van der Waals surface area contributed by atoms with Crippen LogP contribution in [0.1, 0.15) is 48.8 Å². The maximum absolute atomic E-state index is 12.9. The summed E-state index contributed by atoms with van der Waals surface area (Å²) in [5, 5.41) is 0. The van der Waals surface area contributed by atoms with Crippen molar-refractivity contribution in [2.75, 3.05) is 6.54 Å². The predicted molar refractivity (Wildman–Crippen MR) is 91.6 cm³/mol. The van der Waals surface area contributed by atoms with Crippen LogP contribution in [0.3, 0.4) is 0 Å². The summed E-state index contributed by atoms with van der Waals surface area (Å²) in [6, 6.07) is 4.59. The number of nitrogens with zero attached hydrogens (tertiary/aromatic N) is 1. The third-order valence-electron chi connectivity index (χ3n) is 7.54. The van der Waals surface area contributed by atoms with Crippen LogP contribution in [0, 0.1) is 18.8 Å². The minimum atomic E-state index is -0.318. The molecule has 130 valence electrons. The number of hydrogen-bond acceptors (Lipinski definition) is 3. The zero-order chi connectivity index (χ0) is 16.9. The number of benzene rings is 1. The van der Waals surface area contributed by atoms with Crippen LogP contribution in [-0.4, -0.2) is 35.3 Å². The van der Waals surface area contributed by atoms with Crippen LogP contribution >= 0.6 is 0 Å². The predicted octanol–water partition coefficient (Wildman–Crippen LogP) is 2.54. The van der Waals surface area contributed by atoms with Gasteiger partial charge >= 0.3 is 0 Å². The largest absolute Gasteiger partial charge is 0.481 e. The number of carbonyl (C=O) groups excluding carboxylic acids is 2. The zero-order valence-electron chi connectivity index (χ0n) is 14.6. The van der Waals surface area contributed by atoms with Crippen molar-refractivity contribution >= 4 is 11.7 Å². The van der Waals surface area contributed by atoms with Crippen molar-refractivity contribution in [3.8, 4) is 5.75 Å². The number of amides is 1. The van der Waals surface area contributed by atoms with Gasteiger partial charge in [-0.1, -0.05) is 12.1 Å². The molecule has 4 atom stereocenters. The second kappa shape index (κ2) is 4.46. The van der Waals surface area contributed by atoms with Crippen LogP contribution < -0.4 is 4.74 Å². The Labute approximate surface area is 147 Å². The second-order valence-corrected chi connectivity index (χ2v) is 8.72. The van der Waals surface area contributed by atoms with E-state index >= 15 is 0 Å². The lowest BCUT2D eigenvalue weighted by atomic mass is 9.51. The van der Waals surface area contributed by atoms with Gasteiger partial charge in [0.2, 0.25) is 5.91 Å². The van der Waals surface area contributed by atoms with Gasteiger partial charge in [0.25, 0.3) is 0 Å².